The molecule has 0 aromatic heterocycles. The Balaban J connectivity index is 1.75. The van der Waals surface area contributed by atoms with Gasteiger partial charge in [0.2, 0.25) is 0 Å². The number of ether oxygens (including phenoxy) is 1. The van der Waals surface area contributed by atoms with Crippen LogP contribution in [0.5, 0.6) is 0 Å². The number of likely N-dealkylation sites (tertiary alicyclic amines) is 1. The second-order valence-corrected chi connectivity index (χ2v) is 6.88. The number of nitrogens with zero attached hydrogens (tertiary/aromatic N) is 3. The van der Waals surface area contributed by atoms with Crippen molar-refractivity contribution in [2.75, 3.05) is 59.0 Å². The third-order valence-corrected chi connectivity index (χ3v) is 4.31. The van der Waals surface area contributed by atoms with Crippen molar-refractivity contribution in [2.45, 2.75) is 33.6 Å². The first-order chi connectivity index (χ1) is 10.1. The van der Waals surface area contributed by atoms with Gasteiger partial charge >= 0.3 is 0 Å². The molecule has 2 heterocycles. The van der Waals surface area contributed by atoms with E-state index in [9.17, 15) is 0 Å². The molecule has 2 saturated heterocycles. The predicted octanol–water partition coefficient (Wildman–Crippen LogP) is 1.41. The number of morpholine rings is 1. The maximum atomic E-state index is 5.38. The average Bonchev–Trinajstić information content (AvgIpc) is 2.83. The molecule has 0 aromatic rings. The van der Waals surface area contributed by atoms with Crippen LogP contribution in [0.1, 0.15) is 33.6 Å². The largest absolute Gasteiger partial charge is 0.379 e. The standard InChI is InChI=1S/C16H32N4O/c1-4-17-15(20-9-6-16(2,3)14-20)18-7-5-8-19-10-12-21-13-11-19/h4-14H2,1-3H3,(H,17,18). The summed E-state index contributed by atoms with van der Waals surface area (Å²) in [5, 5.41) is 3.44. The zero-order valence-corrected chi connectivity index (χ0v) is 14.0. The van der Waals surface area contributed by atoms with Crippen molar-refractivity contribution in [1.82, 2.24) is 15.1 Å². The quantitative estimate of drug-likeness (QED) is 0.473. The second-order valence-electron chi connectivity index (χ2n) is 6.88. The van der Waals surface area contributed by atoms with Crippen LogP contribution in [0.25, 0.3) is 0 Å². The number of nitrogens with one attached hydrogen (secondary N) is 1. The zero-order chi connectivity index (χ0) is 15.1. The van der Waals surface area contributed by atoms with Gasteiger partial charge in [-0.05, 0) is 25.2 Å². The molecule has 0 spiro atoms. The third-order valence-electron chi connectivity index (χ3n) is 4.31. The molecule has 0 amide bonds. The lowest BCUT2D eigenvalue weighted by atomic mass is 9.93. The van der Waals surface area contributed by atoms with Crippen LogP contribution in [-0.4, -0.2) is 74.8 Å². The molecule has 5 nitrogen and oxygen atoms in total. The van der Waals surface area contributed by atoms with Crippen molar-refractivity contribution in [3.63, 3.8) is 0 Å². The summed E-state index contributed by atoms with van der Waals surface area (Å²) in [4.78, 5) is 9.71. The van der Waals surface area contributed by atoms with Gasteiger partial charge in [-0.2, -0.15) is 0 Å². The monoisotopic (exact) mass is 296 g/mol. The van der Waals surface area contributed by atoms with Crippen molar-refractivity contribution in [3.05, 3.63) is 0 Å². The molecular formula is C16H32N4O. The maximum absolute atomic E-state index is 5.38. The van der Waals surface area contributed by atoms with E-state index in [0.717, 1.165) is 71.4 Å². The van der Waals surface area contributed by atoms with E-state index in [4.69, 9.17) is 9.73 Å². The van der Waals surface area contributed by atoms with Gasteiger partial charge < -0.3 is 15.0 Å². The molecule has 0 unspecified atom stereocenters. The van der Waals surface area contributed by atoms with E-state index >= 15 is 0 Å². The zero-order valence-electron chi connectivity index (χ0n) is 14.0. The molecule has 2 aliphatic heterocycles. The van der Waals surface area contributed by atoms with Crippen LogP contribution in [0.4, 0.5) is 0 Å². The van der Waals surface area contributed by atoms with Crippen LogP contribution in [-0.2, 0) is 4.74 Å². The molecule has 122 valence electrons. The van der Waals surface area contributed by atoms with Crippen LogP contribution >= 0.6 is 0 Å². The first-order valence-corrected chi connectivity index (χ1v) is 8.44. The minimum Gasteiger partial charge on any atom is -0.379 e. The van der Waals surface area contributed by atoms with Crippen LogP contribution in [0.15, 0.2) is 4.99 Å². The number of rotatable bonds is 5. The molecule has 0 radical (unpaired) electrons. The summed E-state index contributed by atoms with van der Waals surface area (Å²) in [6.45, 7) is 16.0. The SMILES string of the molecule is CCNC(=NCCCN1CCOCC1)N1CCC(C)(C)C1. The molecule has 0 bridgehead atoms. The maximum Gasteiger partial charge on any atom is 0.193 e. The highest BCUT2D eigenvalue weighted by atomic mass is 16.5. The Morgan fingerprint density at radius 3 is 2.62 bits per heavy atom. The normalized spacial score (nSPS) is 23.6. The van der Waals surface area contributed by atoms with Crippen molar-refractivity contribution in [3.8, 4) is 0 Å². The van der Waals surface area contributed by atoms with Crippen molar-refractivity contribution < 1.29 is 4.74 Å². The highest BCUT2D eigenvalue weighted by Gasteiger charge is 2.30. The van der Waals surface area contributed by atoms with Gasteiger partial charge in [-0.3, -0.25) is 9.89 Å². The average molecular weight is 296 g/mol. The summed E-state index contributed by atoms with van der Waals surface area (Å²) in [5.74, 6) is 1.10. The van der Waals surface area contributed by atoms with Crippen molar-refractivity contribution in [1.29, 1.82) is 0 Å². The third kappa shape index (κ3) is 5.47. The molecule has 0 atom stereocenters. The van der Waals surface area contributed by atoms with E-state index in [1.807, 2.05) is 0 Å². The van der Waals surface area contributed by atoms with Gasteiger partial charge in [-0.1, -0.05) is 13.8 Å². The molecule has 2 rings (SSSR count). The Morgan fingerprint density at radius 2 is 2.00 bits per heavy atom. The van der Waals surface area contributed by atoms with E-state index in [0.29, 0.717) is 5.41 Å². The van der Waals surface area contributed by atoms with Gasteiger partial charge in [-0.15, -0.1) is 0 Å². The van der Waals surface area contributed by atoms with Gasteiger partial charge in [0, 0.05) is 45.8 Å². The van der Waals surface area contributed by atoms with Crippen LogP contribution in [0.2, 0.25) is 0 Å². The van der Waals surface area contributed by atoms with E-state index in [1.54, 1.807) is 0 Å². The van der Waals surface area contributed by atoms with E-state index in [1.165, 1.54) is 6.42 Å². The van der Waals surface area contributed by atoms with Crippen LogP contribution in [0, 0.1) is 5.41 Å². The fraction of sp³-hybridized carbons (Fsp3) is 0.938. The number of hydrogen-bond acceptors (Lipinski definition) is 3. The smallest absolute Gasteiger partial charge is 0.193 e. The van der Waals surface area contributed by atoms with E-state index in [2.05, 4.69) is 35.9 Å². The minimum atomic E-state index is 0.421. The van der Waals surface area contributed by atoms with Crippen LogP contribution < -0.4 is 5.32 Å². The lowest BCUT2D eigenvalue weighted by Gasteiger charge is -2.26. The van der Waals surface area contributed by atoms with Gasteiger partial charge in [0.15, 0.2) is 5.96 Å². The number of guanidine groups is 1. The Hall–Kier alpha value is -0.810. The first-order valence-electron chi connectivity index (χ1n) is 8.44. The topological polar surface area (TPSA) is 40.1 Å². The molecule has 2 aliphatic rings. The molecular weight excluding hydrogens is 264 g/mol. The fourth-order valence-electron chi connectivity index (χ4n) is 3.02. The predicted molar refractivity (Wildman–Crippen MR) is 87.8 cm³/mol. The Morgan fingerprint density at radius 1 is 1.24 bits per heavy atom. The van der Waals surface area contributed by atoms with Gasteiger partial charge in [-0.25, -0.2) is 0 Å². The molecule has 0 aromatic carbocycles. The molecule has 2 fully saturated rings. The molecule has 0 saturated carbocycles. The fourth-order valence-corrected chi connectivity index (χ4v) is 3.02. The summed E-state index contributed by atoms with van der Waals surface area (Å²) in [6, 6.07) is 0. The summed E-state index contributed by atoms with van der Waals surface area (Å²) < 4.78 is 5.38. The first kappa shape index (κ1) is 16.6. The lowest BCUT2D eigenvalue weighted by Crippen LogP contribution is -2.41. The molecule has 1 N–H and O–H groups in total. The Kier molecular flexibility index (Phi) is 6.30. The van der Waals surface area contributed by atoms with Crippen LogP contribution in [0.3, 0.4) is 0 Å². The van der Waals surface area contributed by atoms with Crippen molar-refractivity contribution >= 4 is 5.96 Å². The Labute approximate surface area is 129 Å². The van der Waals surface area contributed by atoms with Crippen molar-refractivity contribution in [2.24, 2.45) is 10.4 Å². The molecule has 0 aliphatic carbocycles. The summed E-state index contributed by atoms with van der Waals surface area (Å²) >= 11 is 0. The minimum absolute atomic E-state index is 0.421. The summed E-state index contributed by atoms with van der Waals surface area (Å²) in [6.07, 6.45) is 2.39. The molecule has 5 heteroatoms. The van der Waals surface area contributed by atoms with E-state index < -0.39 is 0 Å². The second kappa shape index (κ2) is 7.99. The number of hydrogen-bond donors (Lipinski definition) is 1. The van der Waals surface area contributed by atoms with E-state index in [-0.39, 0.29) is 0 Å². The van der Waals surface area contributed by atoms with Gasteiger partial charge in [0.25, 0.3) is 0 Å². The van der Waals surface area contributed by atoms with Gasteiger partial charge in [0.05, 0.1) is 13.2 Å². The summed E-state index contributed by atoms with van der Waals surface area (Å²) in [5.41, 5.74) is 0.421. The molecule has 21 heavy (non-hydrogen) atoms. The van der Waals surface area contributed by atoms with Gasteiger partial charge in [0.1, 0.15) is 0 Å². The number of aliphatic imine (C=N–C) groups is 1. The summed E-state index contributed by atoms with van der Waals surface area (Å²) in [7, 11) is 0. The highest BCUT2D eigenvalue weighted by Crippen LogP contribution is 2.28. The Bertz CT molecular complexity index is 337. The lowest BCUT2D eigenvalue weighted by molar-refractivity contribution is 0.0377. The highest BCUT2D eigenvalue weighted by molar-refractivity contribution is 5.80.